The maximum atomic E-state index is 13.2. The summed E-state index contributed by atoms with van der Waals surface area (Å²) in [5.41, 5.74) is 4.53. The Balaban J connectivity index is 1.66. The van der Waals surface area contributed by atoms with Crippen LogP contribution in [-0.4, -0.2) is 4.98 Å². The van der Waals surface area contributed by atoms with E-state index in [4.69, 9.17) is 4.42 Å². The van der Waals surface area contributed by atoms with Gasteiger partial charge in [-0.3, -0.25) is 0 Å². The Labute approximate surface area is 138 Å². The molecule has 0 saturated carbocycles. The van der Waals surface area contributed by atoms with Crippen molar-refractivity contribution in [1.82, 2.24) is 4.98 Å². The summed E-state index contributed by atoms with van der Waals surface area (Å²) in [6.07, 6.45) is 3.53. The van der Waals surface area contributed by atoms with Gasteiger partial charge in [0.25, 0.3) is 0 Å². The van der Waals surface area contributed by atoms with Gasteiger partial charge in [-0.05, 0) is 47.0 Å². The molecule has 0 radical (unpaired) electrons. The van der Waals surface area contributed by atoms with E-state index < -0.39 is 0 Å². The van der Waals surface area contributed by atoms with Gasteiger partial charge in [0.2, 0.25) is 5.89 Å². The van der Waals surface area contributed by atoms with Crippen molar-refractivity contribution in [2.24, 2.45) is 0 Å². The van der Waals surface area contributed by atoms with Crippen LogP contribution in [-0.2, 0) is 0 Å². The first-order valence-corrected chi connectivity index (χ1v) is 7.68. The van der Waals surface area contributed by atoms with Crippen molar-refractivity contribution in [3.05, 3.63) is 90.1 Å². The quantitative estimate of drug-likeness (QED) is 0.477. The third kappa shape index (κ3) is 2.97. The van der Waals surface area contributed by atoms with Gasteiger partial charge < -0.3 is 4.42 Å². The summed E-state index contributed by atoms with van der Waals surface area (Å²) in [5, 5.41) is 0. The molecule has 3 heteroatoms. The van der Waals surface area contributed by atoms with Crippen molar-refractivity contribution >= 4 is 23.3 Å². The Hall–Kier alpha value is -3.20. The second kappa shape index (κ2) is 6.13. The van der Waals surface area contributed by atoms with Crippen LogP contribution in [0, 0.1) is 5.82 Å². The zero-order valence-corrected chi connectivity index (χ0v) is 12.8. The molecule has 24 heavy (non-hydrogen) atoms. The van der Waals surface area contributed by atoms with E-state index in [-0.39, 0.29) is 5.82 Å². The maximum absolute atomic E-state index is 13.2. The Morgan fingerprint density at radius 3 is 2.50 bits per heavy atom. The number of oxazole rings is 1. The summed E-state index contributed by atoms with van der Waals surface area (Å²) < 4.78 is 18.9. The van der Waals surface area contributed by atoms with Crippen LogP contribution in [0.1, 0.15) is 11.5 Å². The van der Waals surface area contributed by atoms with Gasteiger partial charge in [0.05, 0.1) is 0 Å². The normalized spacial score (nSPS) is 11.4. The zero-order valence-electron chi connectivity index (χ0n) is 12.8. The first kappa shape index (κ1) is 14.4. The van der Waals surface area contributed by atoms with Crippen LogP contribution in [0.4, 0.5) is 4.39 Å². The minimum absolute atomic E-state index is 0.262. The number of halogens is 1. The molecule has 3 aromatic carbocycles. The van der Waals surface area contributed by atoms with E-state index in [2.05, 4.69) is 17.1 Å². The number of hydrogen-bond donors (Lipinski definition) is 0. The molecule has 0 bridgehead atoms. The monoisotopic (exact) mass is 315 g/mol. The largest absolute Gasteiger partial charge is 0.437 e. The van der Waals surface area contributed by atoms with Gasteiger partial charge in [-0.25, -0.2) is 9.37 Å². The molecule has 4 rings (SSSR count). The van der Waals surface area contributed by atoms with Crippen molar-refractivity contribution in [1.29, 1.82) is 0 Å². The van der Waals surface area contributed by atoms with Crippen LogP contribution in [0.3, 0.4) is 0 Å². The van der Waals surface area contributed by atoms with Crippen LogP contribution < -0.4 is 0 Å². The van der Waals surface area contributed by atoms with E-state index in [0.717, 1.165) is 27.8 Å². The lowest BCUT2D eigenvalue weighted by molar-refractivity contribution is 0.589. The summed E-state index contributed by atoms with van der Waals surface area (Å²) >= 11 is 0. The highest BCUT2D eigenvalue weighted by Gasteiger charge is 2.05. The second-order valence-corrected chi connectivity index (χ2v) is 5.49. The van der Waals surface area contributed by atoms with Crippen LogP contribution in [0.5, 0.6) is 0 Å². The van der Waals surface area contributed by atoms with E-state index in [1.54, 1.807) is 18.2 Å². The van der Waals surface area contributed by atoms with E-state index in [9.17, 15) is 4.39 Å². The molecular weight excluding hydrogens is 301 g/mol. The molecule has 0 spiro atoms. The summed E-state index contributed by atoms with van der Waals surface area (Å²) in [6, 6.07) is 22.5. The smallest absolute Gasteiger partial charge is 0.220 e. The van der Waals surface area contributed by atoms with Gasteiger partial charge in [-0.1, -0.05) is 48.5 Å². The molecule has 4 aromatic rings. The van der Waals surface area contributed by atoms with E-state index in [1.165, 1.54) is 12.1 Å². The first-order chi connectivity index (χ1) is 11.8. The van der Waals surface area contributed by atoms with E-state index >= 15 is 0 Å². The topological polar surface area (TPSA) is 26.0 Å². The van der Waals surface area contributed by atoms with Gasteiger partial charge in [0, 0.05) is 6.08 Å². The van der Waals surface area contributed by atoms with Gasteiger partial charge in [0.1, 0.15) is 11.3 Å². The molecule has 0 atom stereocenters. The van der Waals surface area contributed by atoms with Crippen LogP contribution in [0.15, 0.2) is 77.2 Å². The van der Waals surface area contributed by atoms with E-state index in [0.29, 0.717) is 5.89 Å². The summed E-state index contributed by atoms with van der Waals surface area (Å²) in [6.45, 7) is 0. The molecule has 0 aliphatic carbocycles. The van der Waals surface area contributed by atoms with Gasteiger partial charge >= 0.3 is 0 Å². The summed E-state index contributed by atoms with van der Waals surface area (Å²) in [7, 11) is 0. The molecule has 1 heterocycles. The molecule has 0 N–H and O–H groups in total. The second-order valence-electron chi connectivity index (χ2n) is 5.49. The molecule has 0 aliphatic rings. The molecule has 0 saturated heterocycles. The lowest BCUT2D eigenvalue weighted by Crippen LogP contribution is -1.77. The number of rotatable bonds is 3. The molecular formula is C21H14FNO. The Morgan fingerprint density at radius 1 is 0.792 bits per heavy atom. The van der Waals surface area contributed by atoms with Crippen molar-refractivity contribution in [2.75, 3.05) is 0 Å². The number of nitrogens with zero attached hydrogens (tertiary/aromatic N) is 1. The highest BCUT2D eigenvalue weighted by atomic mass is 19.1. The van der Waals surface area contributed by atoms with Crippen LogP contribution in [0.25, 0.3) is 34.4 Å². The van der Waals surface area contributed by atoms with Crippen molar-refractivity contribution in [2.45, 2.75) is 0 Å². The highest BCUT2D eigenvalue weighted by Crippen LogP contribution is 2.25. The van der Waals surface area contributed by atoms with Crippen molar-refractivity contribution in [3.63, 3.8) is 0 Å². The maximum Gasteiger partial charge on any atom is 0.220 e. The third-order valence-electron chi connectivity index (χ3n) is 3.78. The number of fused-ring (bicyclic) bond motifs is 1. The average molecular weight is 315 g/mol. The summed E-state index contributed by atoms with van der Waals surface area (Å²) in [5.74, 6) is 0.238. The average Bonchev–Trinajstić information content (AvgIpc) is 3.03. The fourth-order valence-corrected chi connectivity index (χ4v) is 2.60. The molecule has 2 nitrogen and oxygen atoms in total. The molecule has 0 fully saturated rings. The Kier molecular flexibility index (Phi) is 3.67. The highest BCUT2D eigenvalue weighted by molar-refractivity contribution is 5.82. The van der Waals surface area contributed by atoms with Gasteiger partial charge in [0.15, 0.2) is 5.58 Å². The minimum atomic E-state index is -0.262. The number of aromatic nitrogens is 1. The Morgan fingerprint density at radius 2 is 1.67 bits per heavy atom. The summed E-state index contributed by atoms with van der Waals surface area (Å²) in [4.78, 5) is 4.49. The van der Waals surface area contributed by atoms with Crippen molar-refractivity contribution < 1.29 is 8.81 Å². The minimum Gasteiger partial charge on any atom is -0.437 e. The predicted molar refractivity (Wildman–Crippen MR) is 94.8 cm³/mol. The van der Waals surface area contributed by atoms with Gasteiger partial charge in [-0.15, -0.1) is 0 Å². The van der Waals surface area contributed by atoms with Crippen LogP contribution >= 0.6 is 0 Å². The molecule has 0 aliphatic heterocycles. The predicted octanol–water partition coefficient (Wildman–Crippen LogP) is 5.80. The molecule has 1 aromatic heterocycles. The Bertz CT molecular complexity index is 1020. The van der Waals surface area contributed by atoms with Gasteiger partial charge in [-0.2, -0.15) is 0 Å². The third-order valence-corrected chi connectivity index (χ3v) is 3.78. The molecule has 0 amide bonds. The number of benzene rings is 3. The fraction of sp³-hybridized carbons (Fsp3) is 0. The SMILES string of the molecule is Fc1cccc(C=Cc2nc3cc(-c4ccccc4)ccc3o2)c1. The van der Waals surface area contributed by atoms with Crippen LogP contribution in [0.2, 0.25) is 0 Å². The molecule has 116 valence electrons. The number of hydrogen-bond acceptors (Lipinski definition) is 2. The zero-order chi connectivity index (χ0) is 16.4. The molecule has 0 unspecified atom stereocenters. The lowest BCUT2D eigenvalue weighted by atomic mass is 10.1. The fourth-order valence-electron chi connectivity index (χ4n) is 2.60. The lowest BCUT2D eigenvalue weighted by Gasteiger charge is -1.99. The standard InChI is InChI=1S/C21H14FNO/c22-18-8-4-5-15(13-18)9-12-21-23-19-14-17(10-11-20(19)24-21)16-6-2-1-3-7-16/h1-14H. The van der Waals surface area contributed by atoms with E-state index in [1.807, 2.05) is 42.5 Å². The van der Waals surface area contributed by atoms with Crippen molar-refractivity contribution in [3.8, 4) is 11.1 Å². The first-order valence-electron chi connectivity index (χ1n) is 7.68.